The molecule has 4 bridgehead atoms. The number of hydrogen-bond donors (Lipinski definition) is 3. The van der Waals surface area contributed by atoms with Crippen LogP contribution in [0.15, 0.2) is 94.2 Å². The highest BCUT2D eigenvalue weighted by Crippen LogP contribution is 2.50. The molecular weight excluding hydrogens is 785 g/mol. The van der Waals surface area contributed by atoms with Gasteiger partial charge in [0.1, 0.15) is 16.7 Å². The van der Waals surface area contributed by atoms with Crippen LogP contribution in [0.1, 0.15) is 106 Å². The van der Waals surface area contributed by atoms with Crippen LogP contribution in [0, 0.1) is 6.92 Å². The highest BCUT2D eigenvalue weighted by atomic mass is 32.2. The van der Waals surface area contributed by atoms with Gasteiger partial charge in [0.2, 0.25) is 17.5 Å². The van der Waals surface area contributed by atoms with E-state index in [4.69, 9.17) is 0 Å². The first-order valence-corrected chi connectivity index (χ1v) is 21.7. The minimum Gasteiger partial charge on any atom is -0.871 e. The van der Waals surface area contributed by atoms with E-state index in [-0.39, 0.29) is 57.6 Å². The molecule has 314 valence electrons. The topological polar surface area (TPSA) is 199 Å². The molecule has 0 radical (unpaired) electrons. The molecule has 2 amide bonds. The Balaban J connectivity index is 1.27. The van der Waals surface area contributed by atoms with Crippen molar-refractivity contribution in [2.24, 2.45) is 0 Å². The third-order valence-corrected chi connectivity index (χ3v) is 12.9. The standard InChI is InChI=1S/C46H50N4O9S/c1-27-14-16-36-34(20-27)45(2,3)38-25-32-42(53)33(43(32)54)26-39-46(4,5)35-24-31(60(57,58)59)15-17-37(35)50(39)19-11-7-9-13-41(52)48-30-22-28(44(55)56)21-29(23-30)47-40(51)12-8-6-10-18-49(36)38/h14-17,20-26H,6-13,18-19H2,1-5H3,(H4-,47,48,51,52,53,54,55,56,57,58,59)/p-1. The van der Waals surface area contributed by atoms with E-state index < -0.39 is 38.5 Å². The number of ketones is 1. The number of Topliss-reactive ketones (excluding diaryl/α,β-unsaturated/α-hetero) is 1. The molecule has 3 N–H and O–H groups in total. The van der Waals surface area contributed by atoms with Gasteiger partial charge in [-0.1, -0.05) is 43.7 Å². The Morgan fingerprint density at radius 3 is 2.07 bits per heavy atom. The van der Waals surface area contributed by atoms with E-state index in [1.807, 2.05) is 31.4 Å². The Labute approximate surface area is 349 Å². The first-order chi connectivity index (χ1) is 28.3. The van der Waals surface area contributed by atoms with Crippen molar-refractivity contribution in [3.63, 3.8) is 0 Å². The van der Waals surface area contributed by atoms with Crippen LogP contribution in [-0.2, 0) is 35.3 Å². The molecule has 4 aliphatic heterocycles. The van der Waals surface area contributed by atoms with Gasteiger partial charge in [-0.3, -0.25) is 14.4 Å². The summed E-state index contributed by atoms with van der Waals surface area (Å²) in [5, 5.41) is 29.3. The van der Waals surface area contributed by atoms with Gasteiger partial charge in [-0.15, -0.1) is 0 Å². The Bertz CT molecular complexity index is 2600. The molecule has 0 unspecified atom stereocenters. The van der Waals surface area contributed by atoms with Crippen LogP contribution in [0.5, 0.6) is 0 Å². The average Bonchev–Trinajstić information content (AvgIpc) is 3.51. The number of rotatable bonds is 2. The molecule has 0 aromatic heterocycles. The van der Waals surface area contributed by atoms with E-state index in [1.54, 1.807) is 18.2 Å². The second kappa shape index (κ2) is 16.0. The number of anilines is 3. The van der Waals surface area contributed by atoms with Gasteiger partial charge in [0.15, 0.2) is 11.5 Å². The SMILES string of the molecule is Cc1ccc2c(c1)C(C)(C)C1=CC3=C([O-])C(=CC4=[N+](CCCCCC(=O)Nc5cc(cc(C(=O)O)c5)NC(=O)CCCCCN12)c1ccc(S(=O)(=O)[O-])cc1C4(C)C)C3=O. The minimum atomic E-state index is -4.77. The fourth-order valence-corrected chi connectivity index (χ4v) is 9.27. The van der Waals surface area contributed by atoms with Crippen molar-refractivity contribution in [2.45, 2.75) is 102 Å². The number of carboxylic acid groups (broad SMARTS) is 1. The van der Waals surface area contributed by atoms with Crippen molar-refractivity contribution in [3.05, 3.63) is 112 Å². The van der Waals surface area contributed by atoms with E-state index in [0.717, 1.165) is 22.5 Å². The van der Waals surface area contributed by atoms with Crippen molar-refractivity contribution in [2.75, 3.05) is 28.6 Å². The fourth-order valence-electron chi connectivity index (χ4n) is 8.78. The largest absolute Gasteiger partial charge is 0.871 e. The molecule has 0 spiro atoms. The number of hydrogen-bond acceptors (Lipinski definition) is 9. The molecule has 0 saturated carbocycles. The first-order valence-electron chi connectivity index (χ1n) is 20.3. The number of benzene rings is 3. The number of aryl methyl sites for hydroxylation is 1. The molecule has 5 aliphatic rings. The second-order valence-electron chi connectivity index (χ2n) is 17.1. The van der Waals surface area contributed by atoms with Crippen LogP contribution in [-0.4, -0.2) is 65.0 Å². The predicted octanol–water partition coefficient (Wildman–Crippen LogP) is 6.49. The van der Waals surface area contributed by atoms with E-state index >= 15 is 0 Å². The van der Waals surface area contributed by atoms with Crippen LogP contribution < -0.4 is 20.6 Å². The number of nitrogens with one attached hydrogen (secondary N) is 2. The Hall–Kier alpha value is -5.86. The zero-order valence-electron chi connectivity index (χ0n) is 34.4. The second-order valence-corrected chi connectivity index (χ2v) is 18.5. The lowest BCUT2D eigenvalue weighted by Gasteiger charge is -2.33. The maximum atomic E-state index is 14.0. The number of carbonyl (C=O) groups is 4. The molecule has 13 nitrogen and oxygen atoms in total. The lowest BCUT2D eigenvalue weighted by Crippen LogP contribution is -2.35. The van der Waals surface area contributed by atoms with Crippen molar-refractivity contribution in [1.82, 2.24) is 0 Å². The molecule has 8 rings (SSSR count). The van der Waals surface area contributed by atoms with Crippen LogP contribution in [0.4, 0.5) is 22.7 Å². The molecular formula is C46H49N4O9S-. The third-order valence-electron chi connectivity index (χ3n) is 12.1. The highest BCUT2D eigenvalue weighted by molar-refractivity contribution is 7.85. The number of allylic oxidation sites excluding steroid dienone is 5. The summed E-state index contributed by atoms with van der Waals surface area (Å²) in [6.07, 6.45) is 7.20. The van der Waals surface area contributed by atoms with Crippen molar-refractivity contribution in [1.29, 1.82) is 0 Å². The average molecular weight is 834 g/mol. The van der Waals surface area contributed by atoms with Gasteiger partial charge >= 0.3 is 5.97 Å². The molecule has 0 saturated heterocycles. The van der Waals surface area contributed by atoms with E-state index in [0.29, 0.717) is 68.6 Å². The van der Waals surface area contributed by atoms with Gasteiger partial charge in [0, 0.05) is 82.8 Å². The number of nitrogens with zero attached hydrogens (tertiary/aromatic N) is 2. The summed E-state index contributed by atoms with van der Waals surface area (Å²) in [5.41, 5.74) is 4.83. The maximum absolute atomic E-state index is 14.0. The summed E-state index contributed by atoms with van der Waals surface area (Å²) in [6, 6.07) is 14.6. The Morgan fingerprint density at radius 2 is 1.45 bits per heavy atom. The monoisotopic (exact) mass is 833 g/mol. The summed E-state index contributed by atoms with van der Waals surface area (Å²) in [4.78, 5) is 53.8. The number of amides is 2. The maximum Gasteiger partial charge on any atom is 0.335 e. The van der Waals surface area contributed by atoms with E-state index in [9.17, 15) is 42.4 Å². The zero-order valence-corrected chi connectivity index (χ0v) is 35.3. The molecule has 14 heteroatoms. The third kappa shape index (κ3) is 8.05. The van der Waals surface area contributed by atoms with Crippen molar-refractivity contribution in [3.8, 4) is 0 Å². The van der Waals surface area contributed by atoms with Gasteiger partial charge in [0.25, 0.3) is 0 Å². The molecule has 3 aromatic carbocycles. The van der Waals surface area contributed by atoms with Crippen LogP contribution in [0.2, 0.25) is 0 Å². The van der Waals surface area contributed by atoms with Crippen LogP contribution >= 0.6 is 0 Å². The summed E-state index contributed by atoms with van der Waals surface area (Å²) < 4.78 is 38.2. The minimum absolute atomic E-state index is 0.0154. The Morgan fingerprint density at radius 1 is 0.800 bits per heavy atom. The fraction of sp³-hybridized carbons (Fsp3) is 0.370. The molecule has 1 aliphatic carbocycles. The molecule has 3 aromatic rings. The van der Waals surface area contributed by atoms with Gasteiger partial charge < -0.3 is 30.3 Å². The number of carbonyl (C=O) groups excluding carboxylic acids is 3. The van der Waals surface area contributed by atoms with Crippen LogP contribution in [0.25, 0.3) is 0 Å². The normalized spacial score (nSPS) is 19.8. The quantitative estimate of drug-likeness (QED) is 0.190. The van der Waals surface area contributed by atoms with Crippen molar-refractivity contribution >= 4 is 62.1 Å². The number of fused-ring (bicyclic) bond motifs is 14. The molecule has 4 heterocycles. The zero-order chi connectivity index (χ0) is 43.3. The van der Waals surface area contributed by atoms with Crippen molar-refractivity contribution < 1.29 is 46.9 Å². The van der Waals surface area contributed by atoms with Gasteiger partial charge in [-0.25, -0.2) is 13.2 Å². The first kappa shape index (κ1) is 42.3. The lowest BCUT2D eigenvalue weighted by molar-refractivity contribution is -0.438. The van der Waals surface area contributed by atoms with Gasteiger partial charge in [-0.05, 0) is 94.5 Å². The smallest absolute Gasteiger partial charge is 0.335 e. The molecule has 0 atom stereocenters. The summed E-state index contributed by atoms with van der Waals surface area (Å²) >= 11 is 0. The van der Waals surface area contributed by atoms with E-state index in [1.165, 1.54) is 30.3 Å². The summed E-state index contributed by atoms with van der Waals surface area (Å²) in [6.45, 7) is 10.8. The molecule has 0 fully saturated rings. The van der Waals surface area contributed by atoms with Gasteiger partial charge in [0.05, 0.1) is 15.9 Å². The molecule has 60 heavy (non-hydrogen) atoms. The van der Waals surface area contributed by atoms with Gasteiger partial charge in [-0.2, -0.15) is 4.58 Å². The summed E-state index contributed by atoms with van der Waals surface area (Å²) in [5.74, 6) is -2.61. The number of carboxylic acids is 1. The van der Waals surface area contributed by atoms with E-state index in [2.05, 4.69) is 41.5 Å². The predicted molar refractivity (Wildman–Crippen MR) is 225 cm³/mol. The summed E-state index contributed by atoms with van der Waals surface area (Å²) in [7, 11) is -4.77. The van der Waals surface area contributed by atoms with Crippen LogP contribution in [0.3, 0.4) is 0 Å². The lowest BCUT2D eigenvalue weighted by atomic mass is 9.77. The Kier molecular flexibility index (Phi) is 11.2. The highest BCUT2D eigenvalue weighted by Gasteiger charge is 2.46. The number of aromatic carboxylic acids is 1.